The van der Waals surface area contributed by atoms with E-state index in [1.165, 1.54) is 0 Å². The van der Waals surface area contributed by atoms with E-state index in [4.69, 9.17) is 9.47 Å². The number of hydrogen-bond donors (Lipinski definition) is 1. The van der Waals surface area contributed by atoms with Gasteiger partial charge in [-0.1, -0.05) is 6.07 Å². The van der Waals surface area contributed by atoms with E-state index in [0.717, 1.165) is 39.7 Å². The molecule has 1 aliphatic rings. The van der Waals surface area contributed by atoms with Crippen LogP contribution < -0.4 is 9.47 Å². The number of fused-ring (bicyclic) bond motifs is 1. The minimum Gasteiger partial charge on any atom is -0.486 e. The van der Waals surface area contributed by atoms with E-state index >= 15 is 0 Å². The second-order valence-corrected chi connectivity index (χ2v) is 6.98. The van der Waals surface area contributed by atoms with Crippen molar-refractivity contribution >= 4 is 5.91 Å². The van der Waals surface area contributed by atoms with Crippen LogP contribution in [0.4, 0.5) is 0 Å². The van der Waals surface area contributed by atoms with Crippen molar-refractivity contribution < 1.29 is 14.3 Å². The highest BCUT2D eigenvalue weighted by Gasteiger charge is 2.20. The lowest BCUT2D eigenvalue weighted by atomic mass is 10.1. The van der Waals surface area contributed by atoms with Crippen LogP contribution in [0.5, 0.6) is 11.5 Å². The minimum absolute atomic E-state index is 0.132. The molecule has 2 aromatic heterocycles. The number of amides is 1. The van der Waals surface area contributed by atoms with E-state index in [0.29, 0.717) is 25.5 Å². The predicted molar refractivity (Wildman–Crippen MR) is 103 cm³/mol. The average Bonchev–Trinajstić information content (AvgIpc) is 3.25. The molecule has 0 bridgehead atoms. The number of H-pyrrole nitrogens is 1. The number of nitrogens with zero attached hydrogens (tertiary/aromatic N) is 4. The Hall–Kier alpha value is -3.29. The molecule has 1 N–H and O–H groups in total. The van der Waals surface area contributed by atoms with E-state index in [9.17, 15) is 4.79 Å². The van der Waals surface area contributed by atoms with Crippen LogP contribution in [0.1, 0.15) is 27.4 Å². The van der Waals surface area contributed by atoms with Crippen LogP contribution in [0.15, 0.2) is 24.3 Å². The molecule has 0 spiro atoms. The zero-order valence-corrected chi connectivity index (χ0v) is 16.4. The van der Waals surface area contributed by atoms with Crippen molar-refractivity contribution in [1.29, 1.82) is 0 Å². The number of aromatic amines is 1. The smallest absolute Gasteiger partial charge is 0.271 e. The first kappa shape index (κ1) is 18.1. The Morgan fingerprint density at radius 3 is 2.68 bits per heavy atom. The van der Waals surface area contributed by atoms with E-state index < -0.39 is 0 Å². The van der Waals surface area contributed by atoms with Crippen molar-refractivity contribution in [1.82, 2.24) is 24.9 Å². The molecule has 0 unspecified atom stereocenters. The molecule has 0 aliphatic carbocycles. The van der Waals surface area contributed by atoms with Crippen molar-refractivity contribution in [2.24, 2.45) is 7.05 Å². The number of carbonyl (C=O) groups is 1. The third kappa shape index (κ3) is 3.21. The Morgan fingerprint density at radius 1 is 1.21 bits per heavy atom. The number of benzene rings is 1. The van der Waals surface area contributed by atoms with Crippen molar-refractivity contribution in [3.63, 3.8) is 0 Å². The van der Waals surface area contributed by atoms with Crippen LogP contribution in [0, 0.1) is 13.8 Å². The molecule has 0 saturated carbocycles. The second kappa shape index (κ2) is 7.03. The average molecular weight is 381 g/mol. The van der Waals surface area contributed by atoms with Crippen LogP contribution >= 0.6 is 0 Å². The Labute approximate surface area is 163 Å². The normalized spacial score (nSPS) is 12.9. The number of aromatic nitrogens is 4. The standard InChI is InChI=1S/C20H23N5O3/c1-12-19(13(2)25(4)23-12)15-10-16(22-21-15)20(26)24(3)11-14-5-6-17-18(9-14)28-8-7-27-17/h5-6,9-10H,7-8,11H2,1-4H3,(H,21,22). The van der Waals surface area contributed by atoms with Gasteiger partial charge in [0.15, 0.2) is 11.5 Å². The van der Waals surface area contributed by atoms with Crippen molar-refractivity contribution in [3.8, 4) is 22.8 Å². The predicted octanol–water partition coefficient (Wildman–Crippen LogP) is 2.47. The molecule has 8 heteroatoms. The summed E-state index contributed by atoms with van der Waals surface area (Å²) in [6.45, 7) is 5.47. The monoisotopic (exact) mass is 381 g/mol. The van der Waals surface area contributed by atoms with E-state index in [2.05, 4.69) is 15.3 Å². The molecule has 4 rings (SSSR count). The maximum absolute atomic E-state index is 12.8. The molecule has 1 aromatic carbocycles. The third-order valence-corrected chi connectivity index (χ3v) is 4.95. The lowest BCUT2D eigenvalue weighted by Gasteiger charge is -2.21. The quantitative estimate of drug-likeness (QED) is 0.750. The number of ether oxygens (including phenoxy) is 2. The van der Waals surface area contributed by atoms with Crippen molar-refractivity contribution in [3.05, 3.63) is 46.9 Å². The third-order valence-electron chi connectivity index (χ3n) is 4.95. The van der Waals surface area contributed by atoms with Gasteiger partial charge in [-0.3, -0.25) is 14.6 Å². The van der Waals surface area contributed by atoms with Gasteiger partial charge >= 0.3 is 0 Å². The first-order chi connectivity index (χ1) is 13.4. The minimum atomic E-state index is -0.132. The summed E-state index contributed by atoms with van der Waals surface area (Å²) in [4.78, 5) is 14.5. The molecule has 0 fully saturated rings. The van der Waals surface area contributed by atoms with Crippen LogP contribution in [0.2, 0.25) is 0 Å². The summed E-state index contributed by atoms with van der Waals surface area (Å²) in [6.07, 6.45) is 0. The first-order valence-electron chi connectivity index (χ1n) is 9.14. The van der Waals surface area contributed by atoms with E-state index in [-0.39, 0.29) is 5.91 Å². The molecule has 3 heterocycles. The molecule has 0 radical (unpaired) electrons. The Morgan fingerprint density at radius 2 is 1.96 bits per heavy atom. The van der Waals surface area contributed by atoms with E-state index in [1.54, 1.807) is 18.0 Å². The van der Waals surface area contributed by atoms with Gasteiger partial charge in [0.25, 0.3) is 5.91 Å². The lowest BCUT2D eigenvalue weighted by Crippen LogP contribution is -2.26. The Bertz CT molecular complexity index is 1040. The maximum Gasteiger partial charge on any atom is 0.271 e. The van der Waals surface area contributed by atoms with Gasteiger partial charge in [0.1, 0.15) is 18.9 Å². The number of hydrogen-bond acceptors (Lipinski definition) is 5. The highest BCUT2D eigenvalue weighted by atomic mass is 16.6. The van der Waals surface area contributed by atoms with Crippen LogP contribution in [0.3, 0.4) is 0 Å². The topological polar surface area (TPSA) is 85.3 Å². The number of carbonyl (C=O) groups excluding carboxylic acids is 1. The fourth-order valence-electron chi connectivity index (χ4n) is 3.44. The summed E-state index contributed by atoms with van der Waals surface area (Å²) in [5, 5.41) is 11.6. The molecule has 0 saturated heterocycles. The summed E-state index contributed by atoms with van der Waals surface area (Å²) in [5.41, 5.74) is 4.98. The summed E-state index contributed by atoms with van der Waals surface area (Å²) >= 11 is 0. The number of aryl methyl sites for hydroxylation is 2. The van der Waals surface area contributed by atoms with Gasteiger partial charge in [-0.05, 0) is 37.6 Å². The molecule has 3 aromatic rings. The molecule has 0 atom stereocenters. The van der Waals surface area contributed by atoms with Crippen LogP contribution in [-0.2, 0) is 13.6 Å². The molecule has 28 heavy (non-hydrogen) atoms. The van der Waals surface area contributed by atoms with Crippen molar-refractivity contribution in [2.75, 3.05) is 20.3 Å². The van der Waals surface area contributed by atoms with Gasteiger partial charge in [-0.15, -0.1) is 0 Å². The summed E-state index contributed by atoms with van der Waals surface area (Å²) < 4.78 is 13.0. The first-order valence-corrected chi connectivity index (χ1v) is 9.14. The highest BCUT2D eigenvalue weighted by molar-refractivity contribution is 5.93. The Balaban J connectivity index is 1.51. The van der Waals surface area contributed by atoms with Gasteiger partial charge in [0.05, 0.1) is 11.4 Å². The van der Waals surface area contributed by atoms with Gasteiger partial charge < -0.3 is 14.4 Å². The summed E-state index contributed by atoms with van der Waals surface area (Å²) in [5.74, 6) is 1.33. The molecule has 8 nitrogen and oxygen atoms in total. The van der Waals surface area contributed by atoms with E-state index in [1.807, 2.05) is 43.8 Å². The van der Waals surface area contributed by atoms with Gasteiger partial charge in [0, 0.05) is 31.9 Å². The molecular formula is C20H23N5O3. The fraction of sp³-hybridized carbons (Fsp3) is 0.350. The molecule has 146 valence electrons. The number of nitrogens with one attached hydrogen (secondary N) is 1. The highest BCUT2D eigenvalue weighted by Crippen LogP contribution is 2.31. The SMILES string of the molecule is Cc1nn(C)c(C)c1-c1cc(C(=O)N(C)Cc2ccc3c(c2)OCCO3)[nH]n1. The fourth-order valence-corrected chi connectivity index (χ4v) is 3.44. The van der Waals surface area contributed by atoms with Gasteiger partial charge in [0.2, 0.25) is 0 Å². The molecular weight excluding hydrogens is 358 g/mol. The Kier molecular flexibility index (Phi) is 4.54. The molecule has 1 aliphatic heterocycles. The van der Waals surface area contributed by atoms with Gasteiger partial charge in [-0.2, -0.15) is 10.2 Å². The van der Waals surface area contributed by atoms with Crippen LogP contribution in [-0.4, -0.2) is 51.0 Å². The summed E-state index contributed by atoms with van der Waals surface area (Å²) in [6, 6.07) is 7.51. The second-order valence-electron chi connectivity index (χ2n) is 6.98. The number of rotatable bonds is 4. The molecule has 1 amide bonds. The maximum atomic E-state index is 12.8. The lowest BCUT2D eigenvalue weighted by molar-refractivity contribution is 0.0779. The van der Waals surface area contributed by atoms with Gasteiger partial charge in [-0.25, -0.2) is 0 Å². The largest absolute Gasteiger partial charge is 0.486 e. The zero-order chi connectivity index (χ0) is 19.8. The van der Waals surface area contributed by atoms with Crippen molar-refractivity contribution in [2.45, 2.75) is 20.4 Å². The van der Waals surface area contributed by atoms with Crippen LogP contribution in [0.25, 0.3) is 11.3 Å². The zero-order valence-electron chi connectivity index (χ0n) is 16.4. The summed E-state index contributed by atoms with van der Waals surface area (Å²) in [7, 11) is 3.66.